The summed E-state index contributed by atoms with van der Waals surface area (Å²) in [6.07, 6.45) is 2.88. The van der Waals surface area contributed by atoms with Crippen LogP contribution in [0.2, 0.25) is 0 Å². The van der Waals surface area contributed by atoms with Crippen LogP contribution < -0.4 is 10.9 Å². The number of carbonyl (C=O) groups excluding carboxylic acids is 1. The van der Waals surface area contributed by atoms with Crippen LogP contribution in [0, 0.1) is 6.92 Å². The highest BCUT2D eigenvalue weighted by molar-refractivity contribution is 7.99. The van der Waals surface area contributed by atoms with Crippen LogP contribution in [0.25, 0.3) is 0 Å². The first-order valence-corrected chi connectivity index (χ1v) is 7.61. The SMILES string of the molecule is COC(=O)C(CCSc1nc(C)cc(=O)[nH]1)NC1CC1. The zero-order valence-corrected chi connectivity index (χ0v) is 12.5. The summed E-state index contributed by atoms with van der Waals surface area (Å²) in [6, 6.07) is 1.62. The second-order valence-electron chi connectivity index (χ2n) is 4.85. The molecule has 1 aromatic rings. The van der Waals surface area contributed by atoms with Gasteiger partial charge in [0.15, 0.2) is 5.16 Å². The molecule has 1 saturated carbocycles. The van der Waals surface area contributed by atoms with Crippen molar-refractivity contribution in [3.63, 3.8) is 0 Å². The molecule has 6 nitrogen and oxygen atoms in total. The summed E-state index contributed by atoms with van der Waals surface area (Å²) in [4.78, 5) is 29.9. The number of hydrogen-bond acceptors (Lipinski definition) is 6. The molecule has 1 heterocycles. The van der Waals surface area contributed by atoms with Gasteiger partial charge in [-0.05, 0) is 26.2 Å². The van der Waals surface area contributed by atoms with Gasteiger partial charge in [0.2, 0.25) is 0 Å². The predicted octanol–water partition coefficient (Wildman–Crippen LogP) is 0.854. The maximum atomic E-state index is 11.7. The molecule has 1 aliphatic rings. The number of aromatic amines is 1. The van der Waals surface area contributed by atoms with E-state index in [0.717, 1.165) is 12.8 Å². The molecule has 0 bridgehead atoms. The average Bonchev–Trinajstić information content (AvgIpc) is 3.19. The Balaban J connectivity index is 1.85. The van der Waals surface area contributed by atoms with E-state index in [1.54, 1.807) is 6.92 Å². The number of hydrogen-bond donors (Lipinski definition) is 2. The first-order valence-electron chi connectivity index (χ1n) is 6.63. The third kappa shape index (κ3) is 4.64. The van der Waals surface area contributed by atoms with E-state index in [9.17, 15) is 9.59 Å². The number of nitrogens with zero attached hydrogens (tertiary/aromatic N) is 1. The summed E-state index contributed by atoms with van der Waals surface area (Å²) in [5, 5.41) is 3.86. The number of H-pyrrole nitrogens is 1. The van der Waals surface area contributed by atoms with Crippen molar-refractivity contribution in [2.75, 3.05) is 12.9 Å². The summed E-state index contributed by atoms with van der Waals surface area (Å²) >= 11 is 1.44. The fourth-order valence-electron chi connectivity index (χ4n) is 1.84. The number of rotatable bonds is 7. The minimum atomic E-state index is -0.281. The van der Waals surface area contributed by atoms with Crippen LogP contribution in [0.3, 0.4) is 0 Å². The highest BCUT2D eigenvalue weighted by atomic mass is 32.2. The summed E-state index contributed by atoms with van der Waals surface area (Å²) in [5.41, 5.74) is 0.539. The predicted molar refractivity (Wildman–Crippen MR) is 76.9 cm³/mol. The molecule has 20 heavy (non-hydrogen) atoms. The van der Waals surface area contributed by atoms with Gasteiger partial charge in [-0.25, -0.2) is 4.98 Å². The average molecular weight is 297 g/mol. The molecule has 110 valence electrons. The Bertz CT molecular complexity index is 528. The Morgan fingerprint density at radius 2 is 2.40 bits per heavy atom. The molecule has 0 aromatic carbocycles. The third-order valence-electron chi connectivity index (χ3n) is 2.99. The van der Waals surface area contributed by atoms with Crippen molar-refractivity contribution in [2.45, 2.75) is 43.4 Å². The van der Waals surface area contributed by atoms with Gasteiger partial charge < -0.3 is 15.0 Å². The zero-order valence-electron chi connectivity index (χ0n) is 11.6. The number of methoxy groups -OCH3 is 1. The van der Waals surface area contributed by atoms with Crippen LogP contribution in [0.5, 0.6) is 0 Å². The fraction of sp³-hybridized carbons (Fsp3) is 0.615. The van der Waals surface area contributed by atoms with Gasteiger partial charge >= 0.3 is 5.97 Å². The molecule has 1 fully saturated rings. The van der Waals surface area contributed by atoms with Crippen LogP contribution in [0.15, 0.2) is 16.0 Å². The highest BCUT2D eigenvalue weighted by Gasteiger charge is 2.28. The Morgan fingerprint density at radius 3 is 3.00 bits per heavy atom. The van der Waals surface area contributed by atoms with Crippen molar-refractivity contribution in [1.82, 2.24) is 15.3 Å². The second-order valence-corrected chi connectivity index (χ2v) is 5.93. The molecule has 2 rings (SSSR count). The van der Waals surface area contributed by atoms with E-state index >= 15 is 0 Å². The second kappa shape index (κ2) is 6.90. The van der Waals surface area contributed by atoms with Gasteiger partial charge in [0, 0.05) is 23.6 Å². The monoisotopic (exact) mass is 297 g/mol. The standard InChI is InChI=1S/C13H19N3O3S/c1-8-7-11(17)16-13(14-8)20-6-5-10(12(18)19-2)15-9-3-4-9/h7,9-10,15H,3-6H2,1-2H3,(H,14,16,17). The van der Waals surface area contributed by atoms with Gasteiger partial charge in [0.25, 0.3) is 5.56 Å². The molecular formula is C13H19N3O3S. The van der Waals surface area contributed by atoms with Gasteiger partial charge in [-0.1, -0.05) is 11.8 Å². The van der Waals surface area contributed by atoms with Crippen molar-refractivity contribution in [3.05, 3.63) is 22.1 Å². The van der Waals surface area contributed by atoms with E-state index in [1.165, 1.54) is 24.9 Å². The highest BCUT2D eigenvalue weighted by Crippen LogP contribution is 2.21. The van der Waals surface area contributed by atoms with Crippen molar-refractivity contribution in [1.29, 1.82) is 0 Å². The van der Waals surface area contributed by atoms with Gasteiger partial charge in [-0.15, -0.1) is 0 Å². The van der Waals surface area contributed by atoms with E-state index in [2.05, 4.69) is 15.3 Å². The molecule has 1 aliphatic carbocycles. The number of thioether (sulfide) groups is 1. The lowest BCUT2D eigenvalue weighted by Gasteiger charge is -2.15. The third-order valence-corrected chi connectivity index (χ3v) is 3.90. The van der Waals surface area contributed by atoms with Crippen LogP contribution in [-0.4, -0.2) is 40.9 Å². The van der Waals surface area contributed by atoms with E-state index < -0.39 is 0 Å². The summed E-state index contributed by atoms with van der Waals surface area (Å²) < 4.78 is 4.80. The van der Waals surface area contributed by atoms with Gasteiger partial charge in [-0.3, -0.25) is 9.59 Å². The van der Waals surface area contributed by atoms with Gasteiger partial charge in [0.05, 0.1) is 7.11 Å². The first kappa shape index (κ1) is 15.1. The lowest BCUT2D eigenvalue weighted by Crippen LogP contribution is -2.39. The lowest BCUT2D eigenvalue weighted by atomic mass is 10.2. The van der Waals surface area contributed by atoms with Crippen LogP contribution >= 0.6 is 11.8 Å². The lowest BCUT2D eigenvalue weighted by molar-refractivity contribution is -0.143. The molecule has 2 N–H and O–H groups in total. The minimum Gasteiger partial charge on any atom is -0.468 e. The molecule has 1 aromatic heterocycles. The fourth-order valence-corrected chi connectivity index (χ4v) is 2.77. The molecule has 0 spiro atoms. The number of ether oxygens (including phenoxy) is 1. The summed E-state index contributed by atoms with van der Waals surface area (Å²) in [7, 11) is 1.40. The molecule has 1 unspecified atom stereocenters. The maximum Gasteiger partial charge on any atom is 0.322 e. The normalized spacial score (nSPS) is 15.9. The quantitative estimate of drug-likeness (QED) is 0.441. The van der Waals surface area contributed by atoms with Crippen LogP contribution in [-0.2, 0) is 9.53 Å². The summed E-state index contributed by atoms with van der Waals surface area (Å²) in [6.45, 7) is 1.78. The van der Waals surface area contributed by atoms with E-state index in [4.69, 9.17) is 4.74 Å². The molecule has 0 radical (unpaired) electrons. The van der Waals surface area contributed by atoms with Crippen LogP contribution in [0.4, 0.5) is 0 Å². The van der Waals surface area contributed by atoms with Crippen molar-refractivity contribution < 1.29 is 9.53 Å². The number of nitrogens with one attached hydrogen (secondary N) is 2. The maximum absolute atomic E-state index is 11.7. The zero-order chi connectivity index (χ0) is 14.5. The smallest absolute Gasteiger partial charge is 0.322 e. The van der Waals surface area contributed by atoms with Gasteiger partial charge in [0.1, 0.15) is 6.04 Å². The van der Waals surface area contributed by atoms with Crippen LogP contribution in [0.1, 0.15) is 25.0 Å². The van der Waals surface area contributed by atoms with E-state index in [0.29, 0.717) is 29.1 Å². The number of esters is 1. The van der Waals surface area contributed by atoms with Crippen molar-refractivity contribution >= 4 is 17.7 Å². The Hall–Kier alpha value is -1.34. The molecular weight excluding hydrogens is 278 g/mol. The molecule has 1 atom stereocenters. The van der Waals surface area contributed by atoms with Crippen molar-refractivity contribution in [2.24, 2.45) is 0 Å². The number of aryl methyl sites for hydroxylation is 1. The number of carbonyl (C=O) groups is 1. The minimum absolute atomic E-state index is 0.152. The molecule has 7 heteroatoms. The largest absolute Gasteiger partial charge is 0.468 e. The number of aromatic nitrogens is 2. The van der Waals surface area contributed by atoms with Crippen molar-refractivity contribution in [3.8, 4) is 0 Å². The summed E-state index contributed by atoms with van der Waals surface area (Å²) in [5.74, 6) is 0.453. The Kier molecular flexibility index (Phi) is 5.19. The topological polar surface area (TPSA) is 84.1 Å². The van der Waals surface area contributed by atoms with E-state index in [1.807, 2.05) is 0 Å². The molecule has 0 aliphatic heterocycles. The molecule has 0 amide bonds. The Labute approximate surface area is 121 Å². The van der Waals surface area contributed by atoms with Gasteiger partial charge in [-0.2, -0.15) is 0 Å². The Morgan fingerprint density at radius 1 is 1.65 bits per heavy atom. The van der Waals surface area contributed by atoms with E-state index in [-0.39, 0.29) is 17.6 Å². The first-order chi connectivity index (χ1) is 9.58. The molecule has 0 saturated heterocycles.